The molecule has 0 aromatic carbocycles. The summed E-state index contributed by atoms with van der Waals surface area (Å²) in [6, 6.07) is 0. The van der Waals surface area contributed by atoms with Crippen molar-refractivity contribution in [2.45, 2.75) is 114 Å². The fourth-order valence-electron chi connectivity index (χ4n) is 7.21. The predicted octanol–water partition coefficient (Wildman–Crippen LogP) is 9.09. The van der Waals surface area contributed by atoms with Crippen molar-refractivity contribution in [2.75, 3.05) is 0 Å². The Bertz CT molecular complexity index is 375. The first kappa shape index (κ1) is 25.0. The summed E-state index contributed by atoms with van der Waals surface area (Å²) in [6.07, 6.45) is 10.0. The Morgan fingerprint density at radius 1 is 0.519 bits per heavy atom. The zero-order chi connectivity index (χ0) is 20.7. The van der Waals surface area contributed by atoms with E-state index in [0.29, 0.717) is 0 Å². The molecule has 0 N–H and O–H groups in total. The summed E-state index contributed by atoms with van der Waals surface area (Å²) >= 11 is 0. The quantitative estimate of drug-likeness (QED) is 0.300. The lowest BCUT2D eigenvalue weighted by Gasteiger charge is -2.45. The average Bonchev–Trinajstić information content (AvgIpc) is 2.43. The molecule has 0 bridgehead atoms. The Morgan fingerprint density at radius 3 is 1.19 bits per heavy atom. The molecule has 27 heavy (non-hydrogen) atoms. The Kier molecular flexibility index (Phi) is 11.0. The fourth-order valence-corrected chi connectivity index (χ4v) is 7.21. The third kappa shape index (κ3) is 9.36. The van der Waals surface area contributed by atoms with Gasteiger partial charge < -0.3 is 0 Å². The second-order valence-corrected chi connectivity index (χ2v) is 12.1. The normalized spacial score (nSPS) is 29.7. The molecule has 1 rings (SSSR count). The van der Waals surface area contributed by atoms with Gasteiger partial charge in [-0.3, -0.25) is 0 Å². The molecule has 8 unspecified atom stereocenters. The molecule has 1 saturated carbocycles. The van der Waals surface area contributed by atoms with Crippen molar-refractivity contribution < 1.29 is 0 Å². The minimum Gasteiger partial charge on any atom is -0.0628 e. The molecule has 162 valence electrons. The van der Waals surface area contributed by atoms with Gasteiger partial charge in [-0.2, -0.15) is 0 Å². The molecule has 8 atom stereocenters. The van der Waals surface area contributed by atoms with Crippen molar-refractivity contribution in [3.63, 3.8) is 0 Å². The van der Waals surface area contributed by atoms with E-state index in [9.17, 15) is 0 Å². The van der Waals surface area contributed by atoms with Gasteiger partial charge in [-0.05, 0) is 104 Å². The Balaban J connectivity index is 2.26. The summed E-state index contributed by atoms with van der Waals surface area (Å²) in [4.78, 5) is 0. The Morgan fingerprint density at radius 2 is 0.852 bits per heavy atom. The summed E-state index contributed by atoms with van der Waals surface area (Å²) in [5, 5.41) is 0. The maximum absolute atomic E-state index is 2.53. The van der Waals surface area contributed by atoms with Gasteiger partial charge in [-0.25, -0.2) is 0 Å². The van der Waals surface area contributed by atoms with E-state index in [2.05, 4.69) is 69.2 Å². The van der Waals surface area contributed by atoms with E-state index in [1.807, 2.05) is 0 Å². The Hall–Kier alpha value is 0. The predicted molar refractivity (Wildman–Crippen MR) is 124 cm³/mol. The van der Waals surface area contributed by atoms with Crippen LogP contribution in [0.2, 0.25) is 0 Å². The van der Waals surface area contributed by atoms with Gasteiger partial charge in [-0.1, -0.05) is 69.2 Å². The largest absolute Gasteiger partial charge is 0.0628 e. The molecule has 0 nitrogen and oxygen atoms in total. The van der Waals surface area contributed by atoms with Crippen molar-refractivity contribution in [3.05, 3.63) is 0 Å². The second-order valence-electron chi connectivity index (χ2n) is 12.1. The van der Waals surface area contributed by atoms with E-state index < -0.39 is 0 Å². The topological polar surface area (TPSA) is 0 Å². The second kappa shape index (κ2) is 11.9. The van der Waals surface area contributed by atoms with Crippen LogP contribution in [0, 0.1) is 59.2 Å². The molecule has 1 aliphatic carbocycles. The van der Waals surface area contributed by atoms with Gasteiger partial charge in [0.25, 0.3) is 0 Å². The first-order chi connectivity index (χ1) is 12.5. The maximum Gasteiger partial charge on any atom is -0.0337 e. The van der Waals surface area contributed by atoms with Crippen LogP contribution >= 0.6 is 0 Å². The molecule has 1 fully saturated rings. The summed E-state index contributed by atoms with van der Waals surface area (Å²) in [5.41, 5.74) is 0. The zero-order valence-corrected chi connectivity index (χ0v) is 20.7. The fraction of sp³-hybridized carbons (Fsp3) is 1.00. The van der Waals surface area contributed by atoms with E-state index in [-0.39, 0.29) is 0 Å². The summed E-state index contributed by atoms with van der Waals surface area (Å²) < 4.78 is 0. The minimum atomic E-state index is 0.847. The van der Waals surface area contributed by atoms with Gasteiger partial charge in [0.1, 0.15) is 0 Å². The van der Waals surface area contributed by atoms with E-state index in [1.165, 1.54) is 44.9 Å². The molecule has 0 saturated heterocycles. The van der Waals surface area contributed by atoms with Crippen LogP contribution in [0.15, 0.2) is 0 Å². The summed E-state index contributed by atoms with van der Waals surface area (Å²) in [6.45, 7) is 24.7. The molecule has 0 aliphatic heterocycles. The van der Waals surface area contributed by atoms with Crippen LogP contribution in [0.3, 0.4) is 0 Å². The molecule has 0 heteroatoms. The number of hydrogen-bond donors (Lipinski definition) is 0. The number of rotatable bonds is 13. The van der Waals surface area contributed by atoms with Crippen molar-refractivity contribution in [1.29, 1.82) is 0 Å². The lowest BCUT2D eigenvalue weighted by Crippen LogP contribution is -2.38. The molecule has 0 spiro atoms. The standard InChI is InChI=1S/C27H54/c1-18(2)11-19(3)12-20(4)13-21(5)14-22(6)15-23(7)16-24(8)27-25(9)17-26(27)10/h18-27H,11-17H2,1-10H3. The molecular weight excluding hydrogens is 324 g/mol. The van der Waals surface area contributed by atoms with E-state index in [4.69, 9.17) is 0 Å². The van der Waals surface area contributed by atoms with Crippen LogP contribution in [0.1, 0.15) is 114 Å². The van der Waals surface area contributed by atoms with Crippen molar-refractivity contribution in [1.82, 2.24) is 0 Å². The van der Waals surface area contributed by atoms with Gasteiger partial charge in [0.05, 0.1) is 0 Å². The minimum absolute atomic E-state index is 0.847. The Labute approximate surface area is 173 Å². The smallest absolute Gasteiger partial charge is 0.0337 e. The monoisotopic (exact) mass is 378 g/mol. The molecule has 0 radical (unpaired) electrons. The summed E-state index contributed by atoms with van der Waals surface area (Å²) in [7, 11) is 0. The van der Waals surface area contributed by atoms with E-state index in [1.54, 1.807) is 0 Å². The highest BCUT2D eigenvalue weighted by Crippen LogP contribution is 2.46. The van der Waals surface area contributed by atoms with E-state index in [0.717, 1.165) is 59.2 Å². The van der Waals surface area contributed by atoms with Crippen LogP contribution < -0.4 is 0 Å². The molecular formula is C27H54. The molecule has 0 aromatic heterocycles. The van der Waals surface area contributed by atoms with Crippen LogP contribution in [0.5, 0.6) is 0 Å². The third-order valence-corrected chi connectivity index (χ3v) is 7.58. The highest BCUT2D eigenvalue weighted by molar-refractivity contribution is 4.87. The average molecular weight is 379 g/mol. The lowest BCUT2D eigenvalue weighted by molar-refractivity contribution is 0.0380. The maximum atomic E-state index is 2.53. The molecule has 0 amide bonds. The first-order valence-electron chi connectivity index (χ1n) is 12.5. The van der Waals surface area contributed by atoms with Crippen LogP contribution in [0.4, 0.5) is 0 Å². The van der Waals surface area contributed by atoms with Gasteiger partial charge in [-0.15, -0.1) is 0 Å². The molecule has 1 aliphatic rings. The van der Waals surface area contributed by atoms with Crippen LogP contribution in [-0.2, 0) is 0 Å². The van der Waals surface area contributed by atoms with Crippen LogP contribution in [0.25, 0.3) is 0 Å². The first-order valence-corrected chi connectivity index (χ1v) is 12.5. The SMILES string of the molecule is CC(C)CC(C)CC(C)CC(C)CC(C)CC(C)CC(C)C1C(C)CC1C. The zero-order valence-electron chi connectivity index (χ0n) is 20.7. The van der Waals surface area contributed by atoms with E-state index >= 15 is 0 Å². The number of hydrogen-bond acceptors (Lipinski definition) is 0. The van der Waals surface area contributed by atoms with Crippen molar-refractivity contribution in [2.24, 2.45) is 59.2 Å². The van der Waals surface area contributed by atoms with Gasteiger partial charge >= 0.3 is 0 Å². The summed E-state index contributed by atoms with van der Waals surface area (Å²) in [5.74, 6) is 9.16. The third-order valence-electron chi connectivity index (χ3n) is 7.58. The van der Waals surface area contributed by atoms with Crippen LogP contribution in [-0.4, -0.2) is 0 Å². The van der Waals surface area contributed by atoms with Crippen molar-refractivity contribution in [3.8, 4) is 0 Å². The highest BCUT2D eigenvalue weighted by Gasteiger charge is 2.38. The van der Waals surface area contributed by atoms with Gasteiger partial charge in [0.15, 0.2) is 0 Å². The van der Waals surface area contributed by atoms with Crippen molar-refractivity contribution >= 4 is 0 Å². The van der Waals surface area contributed by atoms with Gasteiger partial charge in [0.2, 0.25) is 0 Å². The van der Waals surface area contributed by atoms with Gasteiger partial charge in [0, 0.05) is 0 Å². The highest BCUT2D eigenvalue weighted by atomic mass is 14.4. The lowest BCUT2D eigenvalue weighted by atomic mass is 9.60. The molecule has 0 aromatic rings. The molecule has 0 heterocycles.